The fraction of sp³-hybridized carbons (Fsp3) is 0.0500. The molecule has 0 bridgehead atoms. The van der Waals surface area contributed by atoms with E-state index < -0.39 is 30.5 Å². The summed E-state index contributed by atoms with van der Waals surface area (Å²) in [4.78, 5) is 20.7. The van der Waals surface area contributed by atoms with Crippen LogP contribution >= 0.6 is 11.6 Å². The second-order valence-corrected chi connectivity index (χ2v) is 8.73. The van der Waals surface area contributed by atoms with Crippen molar-refractivity contribution in [2.45, 2.75) is 4.90 Å². The fourth-order valence-electron chi connectivity index (χ4n) is 2.85. The highest BCUT2D eigenvalue weighted by atomic mass is 35.5. The largest absolute Gasteiger partial charge is 0.383 e. The Bertz CT molecular complexity index is 1400. The third kappa shape index (κ3) is 5.57. The number of halogens is 1. The van der Waals surface area contributed by atoms with Gasteiger partial charge < -0.3 is 5.32 Å². The Morgan fingerprint density at radius 3 is 2.29 bits per heavy atom. The van der Waals surface area contributed by atoms with E-state index in [1.165, 1.54) is 36.5 Å². The molecule has 3 aromatic rings. The Morgan fingerprint density at radius 2 is 1.65 bits per heavy atom. The average Bonchev–Trinajstić information content (AvgIpc) is 2.80. The quantitative estimate of drug-likeness (QED) is 0.218. The van der Waals surface area contributed by atoms with Gasteiger partial charge in [-0.15, -0.1) is 0 Å². The maximum Gasteiger partial charge on any atom is 0.292 e. The van der Waals surface area contributed by atoms with E-state index in [-0.39, 0.29) is 22.1 Å². The molecule has 14 heteroatoms. The number of nitro benzene ring substituents is 2. The van der Waals surface area contributed by atoms with E-state index in [1.807, 2.05) is 0 Å². The zero-order valence-corrected chi connectivity index (χ0v) is 19.0. The molecule has 34 heavy (non-hydrogen) atoms. The number of sulfonamides is 1. The highest BCUT2D eigenvalue weighted by Crippen LogP contribution is 2.30. The van der Waals surface area contributed by atoms with Crippen LogP contribution < -0.4 is 15.5 Å². The Kier molecular flexibility index (Phi) is 7.28. The van der Waals surface area contributed by atoms with Crippen LogP contribution in [-0.4, -0.2) is 31.5 Å². The minimum atomic E-state index is -4.32. The molecule has 0 amide bonds. The molecular formula is C20H17ClN6O6S. The van der Waals surface area contributed by atoms with Gasteiger partial charge in [0, 0.05) is 30.8 Å². The molecule has 0 fully saturated rings. The van der Waals surface area contributed by atoms with E-state index in [4.69, 9.17) is 11.6 Å². The van der Waals surface area contributed by atoms with Crippen molar-refractivity contribution in [1.29, 1.82) is 0 Å². The van der Waals surface area contributed by atoms with Crippen molar-refractivity contribution in [3.63, 3.8) is 0 Å². The molecule has 0 aliphatic carbocycles. The molecule has 0 aromatic heterocycles. The molecule has 0 aliphatic heterocycles. The summed E-state index contributed by atoms with van der Waals surface area (Å²) in [6, 6.07) is 13.6. The lowest BCUT2D eigenvalue weighted by Gasteiger charge is -2.13. The molecule has 0 saturated carbocycles. The lowest BCUT2D eigenvalue weighted by Crippen LogP contribution is -2.15. The first kappa shape index (κ1) is 24.4. The number of benzene rings is 3. The Morgan fingerprint density at radius 1 is 0.941 bits per heavy atom. The molecule has 12 nitrogen and oxygen atoms in total. The third-order valence-electron chi connectivity index (χ3n) is 4.47. The van der Waals surface area contributed by atoms with Gasteiger partial charge in [-0.25, -0.2) is 8.42 Å². The number of nitrogens with one attached hydrogen (secondary N) is 3. The van der Waals surface area contributed by atoms with Crippen LogP contribution in [0.2, 0.25) is 5.02 Å². The lowest BCUT2D eigenvalue weighted by molar-refractivity contribution is -0.385. The van der Waals surface area contributed by atoms with Gasteiger partial charge >= 0.3 is 0 Å². The van der Waals surface area contributed by atoms with Crippen LogP contribution in [0.1, 0.15) is 5.56 Å². The minimum Gasteiger partial charge on any atom is -0.383 e. The molecule has 0 saturated heterocycles. The summed E-state index contributed by atoms with van der Waals surface area (Å²) in [5.41, 5.74) is 2.59. The van der Waals surface area contributed by atoms with Crippen LogP contribution in [0.3, 0.4) is 0 Å². The van der Waals surface area contributed by atoms with Crippen molar-refractivity contribution in [3.8, 4) is 0 Å². The van der Waals surface area contributed by atoms with E-state index >= 15 is 0 Å². The van der Waals surface area contributed by atoms with E-state index in [0.29, 0.717) is 11.3 Å². The number of anilines is 3. The summed E-state index contributed by atoms with van der Waals surface area (Å²) in [5, 5.41) is 29.2. The molecule has 0 heterocycles. The Hall–Kier alpha value is -4.23. The van der Waals surface area contributed by atoms with Crippen molar-refractivity contribution in [1.82, 2.24) is 0 Å². The van der Waals surface area contributed by atoms with Crippen LogP contribution in [0.4, 0.5) is 28.4 Å². The fourth-order valence-corrected chi connectivity index (χ4v) is 4.35. The zero-order chi connectivity index (χ0) is 24.9. The van der Waals surface area contributed by atoms with E-state index in [9.17, 15) is 28.6 Å². The summed E-state index contributed by atoms with van der Waals surface area (Å²) >= 11 is 6.02. The van der Waals surface area contributed by atoms with Gasteiger partial charge in [0.05, 0.1) is 32.5 Å². The van der Waals surface area contributed by atoms with Crippen LogP contribution in [0.15, 0.2) is 70.7 Å². The van der Waals surface area contributed by atoms with Crippen molar-refractivity contribution in [2.75, 3.05) is 22.5 Å². The van der Waals surface area contributed by atoms with Crippen molar-refractivity contribution < 1.29 is 18.3 Å². The zero-order valence-electron chi connectivity index (χ0n) is 17.4. The van der Waals surface area contributed by atoms with Crippen molar-refractivity contribution >= 4 is 56.3 Å². The molecular weight excluding hydrogens is 488 g/mol. The molecule has 0 atom stereocenters. The lowest BCUT2D eigenvalue weighted by atomic mass is 10.2. The number of hydrogen-bond donors (Lipinski definition) is 3. The van der Waals surface area contributed by atoms with Crippen LogP contribution in [0.25, 0.3) is 0 Å². The number of nitro groups is 2. The normalized spacial score (nSPS) is 11.2. The van der Waals surface area contributed by atoms with Crippen LogP contribution in [-0.2, 0) is 10.0 Å². The number of hydrogen-bond acceptors (Lipinski definition) is 9. The predicted octanol–water partition coefficient (Wildman–Crippen LogP) is 4.44. The first-order chi connectivity index (χ1) is 16.1. The summed E-state index contributed by atoms with van der Waals surface area (Å²) in [5.74, 6) is 0. The monoisotopic (exact) mass is 504 g/mol. The first-order valence-electron chi connectivity index (χ1n) is 9.43. The molecule has 3 N–H and O–H groups in total. The summed E-state index contributed by atoms with van der Waals surface area (Å²) in [6.07, 6.45) is 1.24. The van der Waals surface area contributed by atoms with Gasteiger partial charge in [-0.2, -0.15) is 5.10 Å². The van der Waals surface area contributed by atoms with E-state index in [0.717, 1.165) is 12.1 Å². The van der Waals surface area contributed by atoms with E-state index in [2.05, 4.69) is 20.6 Å². The summed E-state index contributed by atoms with van der Waals surface area (Å²) in [7, 11) is -2.77. The highest BCUT2D eigenvalue weighted by Gasteiger charge is 2.23. The van der Waals surface area contributed by atoms with Crippen LogP contribution in [0.5, 0.6) is 0 Å². The molecule has 0 radical (unpaired) electrons. The second kappa shape index (κ2) is 10.1. The van der Waals surface area contributed by atoms with Gasteiger partial charge in [0.15, 0.2) is 0 Å². The first-order valence-corrected chi connectivity index (χ1v) is 11.3. The number of para-hydroxylation sites is 1. The van der Waals surface area contributed by atoms with Gasteiger partial charge in [0.2, 0.25) is 0 Å². The van der Waals surface area contributed by atoms with Gasteiger partial charge in [-0.3, -0.25) is 30.4 Å². The molecule has 0 spiro atoms. The number of rotatable bonds is 9. The highest BCUT2D eigenvalue weighted by molar-refractivity contribution is 7.93. The molecule has 3 rings (SSSR count). The maximum atomic E-state index is 13.0. The standard InChI is InChI=1S/C20H17ClN6O6S/c1-22-17-8-6-13(10-19(17)27(30)31)12-23-24-18-9-7-14(26(28)29)11-20(18)34(32,33)25-16-5-3-2-4-15(16)21/h2-12,22,24-25H,1H3/b23-12-. The Balaban J connectivity index is 1.95. The van der Waals surface area contributed by atoms with Gasteiger partial charge in [0.1, 0.15) is 10.6 Å². The van der Waals surface area contributed by atoms with Gasteiger partial charge in [-0.05, 0) is 24.3 Å². The maximum absolute atomic E-state index is 13.0. The molecule has 3 aromatic carbocycles. The smallest absolute Gasteiger partial charge is 0.292 e. The van der Waals surface area contributed by atoms with Crippen molar-refractivity contribution in [3.05, 3.63) is 91.5 Å². The molecule has 0 aliphatic rings. The third-order valence-corrected chi connectivity index (χ3v) is 6.21. The number of non-ortho nitro benzene ring substituents is 1. The predicted molar refractivity (Wildman–Crippen MR) is 129 cm³/mol. The number of nitrogens with zero attached hydrogens (tertiary/aromatic N) is 3. The van der Waals surface area contributed by atoms with Gasteiger partial charge in [0.25, 0.3) is 21.4 Å². The SMILES string of the molecule is CNc1ccc(/C=N\Nc2ccc([N+](=O)[O-])cc2S(=O)(=O)Nc2ccccc2Cl)cc1[N+](=O)[O-]. The minimum absolute atomic E-state index is 0.0669. The molecule has 0 unspecified atom stereocenters. The second-order valence-electron chi connectivity index (χ2n) is 6.68. The van der Waals surface area contributed by atoms with Crippen molar-refractivity contribution in [2.24, 2.45) is 5.10 Å². The van der Waals surface area contributed by atoms with Gasteiger partial charge in [-0.1, -0.05) is 29.8 Å². The topological polar surface area (TPSA) is 169 Å². The van der Waals surface area contributed by atoms with Crippen LogP contribution in [0, 0.1) is 20.2 Å². The molecule has 176 valence electrons. The van der Waals surface area contributed by atoms with E-state index in [1.54, 1.807) is 25.2 Å². The average molecular weight is 505 g/mol. The summed E-state index contributed by atoms with van der Waals surface area (Å²) in [6.45, 7) is 0. The number of hydrazone groups is 1. The summed E-state index contributed by atoms with van der Waals surface area (Å²) < 4.78 is 28.3. The Labute approximate surface area is 198 Å².